The van der Waals surface area contributed by atoms with Crippen LogP contribution in [0.15, 0.2) is 48.5 Å². The number of ether oxygens (including phenoxy) is 2. The summed E-state index contributed by atoms with van der Waals surface area (Å²) in [6.07, 6.45) is 4.60. The summed E-state index contributed by atoms with van der Waals surface area (Å²) in [5.41, 5.74) is 2.75. The van der Waals surface area contributed by atoms with Crippen molar-refractivity contribution in [3.63, 3.8) is 0 Å². The molecule has 1 aliphatic carbocycles. The molecule has 3 amide bonds. The molecule has 2 aromatic carbocycles. The molecule has 2 fully saturated rings. The first-order valence-corrected chi connectivity index (χ1v) is 14.3. The van der Waals surface area contributed by atoms with Crippen molar-refractivity contribution in [1.82, 2.24) is 25.5 Å². The second-order valence-corrected chi connectivity index (χ2v) is 10.7. The summed E-state index contributed by atoms with van der Waals surface area (Å²) in [6.45, 7) is 1.88. The molecule has 5 rings (SSSR count). The molecule has 2 unspecified atom stereocenters. The number of nitrogens with zero attached hydrogens (tertiary/aromatic N) is 2. The highest BCUT2D eigenvalue weighted by Crippen LogP contribution is 2.29. The van der Waals surface area contributed by atoms with Crippen molar-refractivity contribution in [2.45, 2.75) is 51.2 Å². The van der Waals surface area contributed by atoms with E-state index in [1.165, 1.54) is 5.56 Å². The van der Waals surface area contributed by atoms with Crippen molar-refractivity contribution in [3.8, 4) is 5.75 Å². The molecule has 2 aliphatic rings. The second-order valence-electron chi connectivity index (χ2n) is 10.7. The number of rotatable bonds is 11. The van der Waals surface area contributed by atoms with Gasteiger partial charge in [-0.25, -0.2) is 4.98 Å². The molecular formula is C31H39N5O6. The lowest BCUT2D eigenvalue weighted by Crippen LogP contribution is -2.48. The summed E-state index contributed by atoms with van der Waals surface area (Å²) in [5.74, 6) is -0.0109. The van der Waals surface area contributed by atoms with E-state index in [2.05, 4.69) is 27.9 Å². The number of aromatic nitrogens is 2. The first-order chi connectivity index (χ1) is 20.2. The molecule has 11 heteroatoms. The van der Waals surface area contributed by atoms with Crippen LogP contribution in [-0.4, -0.2) is 72.0 Å². The number of fused-ring (bicyclic) bond motifs is 1. The van der Waals surface area contributed by atoms with Gasteiger partial charge in [0.05, 0.1) is 43.9 Å². The minimum atomic E-state index is -0.595. The molecule has 0 radical (unpaired) electrons. The number of hydrogen-bond donors (Lipinski definition) is 3. The molecule has 2 heterocycles. The summed E-state index contributed by atoms with van der Waals surface area (Å²) < 4.78 is 11.7. The van der Waals surface area contributed by atoms with E-state index in [1.807, 2.05) is 42.5 Å². The van der Waals surface area contributed by atoms with Gasteiger partial charge in [-0.1, -0.05) is 55.5 Å². The minimum absolute atomic E-state index is 0.101. The molecule has 11 nitrogen and oxygen atoms in total. The number of carbonyl (C=O) groups is 4. The van der Waals surface area contributed by atoms with E-state index < -0.39 is 29.9 Å². The molecule has 3 aromatic rings. The maximum Gasteiger partial charge on any atom is 0.287 e. The number of imidazole rings is 1. The fourth-order valence-corrected chi connectivity index (χ4v) is 5.01. The van der Waals surface area contributed by atoms with Crippen molar-refractivity contribution < 1.29 is 28.7 Å². The zero-order valence-electron chi connectivity index (χ0n) is 24.4. The largest absolute Gasteiger partial charge is 0.497 e. The molecule has 42 heavy (non-hydrogen) atoms. The average Bonchev–Trinajstić information content (AvgIpc) is 3.62. The normalized spacial score (nSPS) is 16.6. The van der Waals surface area contributed by atoms with E-state index in [-0.39, 0.29) is 24.7 Å². The number of epoxide rings is 1. The molecule has 0 bridgehead atoms. The number of amides is 3. The van der Waals surface area contributed by atoms with Gasteiger partial charge in [-0.2, -0.15) is 0 Å². The van der Waals surface area contributed by atoms with Crippen molar-refractivity contribution in [3.05, 3.63) is 59.9 Å². The van der Waals surface area contributed by atoms with Crippen molar-refractivity contribution in [2.24, 2.45) is 13.0 Å². The number of benzene rings is 2. The zero-order valence-corrected chi connectivity index (χ0v) is 24.4. The van der Waals surface area contributed by atoms with Crippen molar-refractivity contribution >= 4 is 34.5 Å². The third kappa shape index (κ3) is 8.62. The number of aryl methyl sites for hydroxylation is 2. The van der Waals surface area contributed by atoms with Gasteiger partial charge in [-0.3, -0.25) is 19.2 Å². The van der Waals surface area contributed by atoms with Gasteiger partial charge in [0.1, 0.15) is 11.9 Å². The van der Waals surface area contributed by atoms with Crippen LogP contribution in [0.25, 0.3) is 11.0 Å². The average molecular weight is 578 g/mol. The number of carbonyl (C=O) groups excluding carboxylic acids is 4. The molecule has 1 saturated heterocycles. The number of ketones is 1. The number of nitrogens with one attached hydrogen (secondary N) is 3. The number of para-hydroxylation sites is 2. The SMILES string of the molecule is COc1ccc(C)cc1.Cn1c(C(=O)NCC(=O)NCC(=O)NC(CC2CCCC2)C(=O)C2CO2)nc2ccccc21. The van der Waals surface area contributed by atoms with Gasteiger partial charge in [0.15, 0.2) is 11.6 Å². The van der Waals surface area contributed by atoms with Crippen LogP contribution >= 0.6 is 0 Å². The smallest absolute Gasteiger partial charge is 0.287 e. The summed E-state index contributed by atoms with van der Waals surface area (Å²) in [6, 6.07) is 14.7. The lowest BCUT2D eigenvalue weighted by atomic mass is 9.94. The van der Waals surface area contributed by atoms with E-state index in [1.54, 1.807) is 24.8 Å². The lowest BCUT2D eigenvalue weighted by Gasteiger charge is -2.20. The predicted octanol–water partition coefficient (Wildman–Crippen LogP) is 2.46. The van der Waals surface area contributed by atoms with E-state index in [0.717, 1.165) is 36.9 Å². The van der Waals surface area contributed by atoms with Gasteiger partial charge in [0.25, 0.3) is 5.91 Å². The topological polar surface area (TPSA) is 144 Å². The Balaban J connectivity index is 0.000000385. The standard InChI is InChI=1S/C23H29N5O5.C8H10O/c1-28-17-9-5-4-8-15(17)27-22(28)23(32)25-11-19(29)24-12-20(30)26-16(21(31)18-13-33-18)10-14-6-2-3-7-14;1-7-3-5-8(9-2)6-4-7/h4-5,8-9,14,16,18H,2-3,6-7,10-13H2,1H3,(H,24,29)(H,25,32)(H,26,30);3-6H,1-2H3. The highest BCUT2D eigenvalue weighted by Gasteiger charge is 2.38. The maximum absolute atomic E-state index is 12.5. The van der Waals surface area contributed by atoms with E-state index in [9.17, 15) is 19.2 Å². The molecule has 1 aliphatic heterocycles. The van der Waals surface area contributed by atoms with Gasteiger partial charge in [0, 0.05) is 7.05 Å². The Morgan fingerprint density at radius 1 is 1.00 bits per heavy atom. The van der Waals surface area contributed by atoms with E-state index in [4.69, 9.17) is 9.47 Å². The van der Waals surface area contributed by atoms with Gasteiger partial charge in [-0.05, 0) is 43.5 Å². The van der Waals surface area contributed by atoms with Crippen LogP contribution < -0.4 is 20.7 Å². The Morgan fingerprint density at radius 3 is 2.31 bits per heavy atom. The molecule has 1 saturated carbocycles. The van der Waals surface area contributed by atoms with Crippen LogP contribution in [0.5, 0.6) is 5.75 Å². The number of Topliss-reactive ketones (excluding diaryl/α,β-unsaturated/α-hetero) is 1. The Labute approximate surface area is 245 Å². The fraction of sp³-hybridized carbons (Fsp3) is 0.452. The third-order valence-electron chi connectivity index (χ3n) is 7.48. The predicted molar refractivity (Wildman–Crippen MR) is 157 cm³/mol. The van der Waals surface area contributed by atoms with Crippen molar-refractivity contribution in [2.75, 3.05) is 26.8 Å². The number of methoxy groups -OCH3 is 1. The quantitative estimate of drug-likeness (QED) is 0.297. The van der Waals surface area contributed by atoms with Crippen LogP contribution in [0.4, 0.5) is 0 Å². The Bertz CT molecular complexity index is 1390. The van der Waals surface area contributed by atoms with Crippen LogP contribution in [-0.2, 0) is 26.2 Å². The van der Waals surface area contributed by atoms with Crippen LogP contribution in [0.3, 0.4) is 0 Å². The first-order valence-electron chi connectivity index (χ1n) is 14.3. The van der Waals surface area contributed by atoms with E-state index >= 15 is 0 Å². The first kappa shape index (κ1) is 30.7. The second kappa shape index (κ2) is 14.6. The minimum Gasteiger partial charge on any atom is -0.497 e. The monoisotopic (exact) mass is 577 g/mol. The third-order valence-corrected chi connectivity index (χ3v) is 7.48. The van der Waals surface area contributed by atoms with E-state index in [0.29, 0.717) is 24.5 Å². The Morgan fingerprint density at radius 2 is 1.67 bits per heavy atom. The van der Waals surface area contributed by atoms with Crippen LogP contribution in [0.1, 0.15) is 48.3 Å². The highest BCUT2D eigenvalue weighted by atomic mass is 16.6. The molecule has 1 aromatic heterocycles. The molecular weight excluding hydrogens is 538 g/mol. The van der Waals surface area contributed by atoms with Crippen molar-refractivity contribution in [1.29, 1.82) is 0 Å². The molecule has 224 valence electrons. The molecule has 2 atom stereocenters. The summed E-state index contributed by atoms with van der Waals surface area (Å²) >= 11 is 0. The van der Waals surface area contributed by atoms with Gasteiger partial charge in [-0.15, -0.1) is 0 Å². The summed E-state index contributed by atoms with van der Waals surface area (Å²) in [5, 5.41) is 7.75. The summed E-state index contributed by atoms with van der Waals surface area (Å²) in [4.78, 5) is 53.7. The van der Waals surface area contributed by atoms with Gasteiger partial charge >= 0.3 is 0 Å². The zero-order chi connectivity index (χ0) is 30.1. The van der Waals surface area contributed by atoms with Crippen LogP contribution in [0, 0.1) is 12.8 Å². The van der Waals surface area contributed by atoms with Gasteiger partial charge < -0.3 is 30.0 Å². The summed E-state index contributed by atoms with van der Waals surface area (Å²) in [7, 11) is 3.40. The molecule has 0 spiro atoms. The number of hydrogen-bond acceptors (Lipinski definition) is 7. The highest BCUT2D eigenvalue weighted by molar-refractivity contribution is 5.97. The fourth-order valence-electron chi connectivity index (χ4n) is 5.01. The lowest BCUT2D eigenvalue weighted by molar-refractivity contribution is -0.129. The Hall–Kier alpha value is -4.25. The van der Waals surface area contributed by atoms with Crippen LogP contribution in [0.2, 0.25) is 0 Å². The maximum atomic E-state index is 12.5. The van der Waals surface area contributed by atoms with Gasteiger partial charge in [0.2, 0.25) is 11.8 Å². The Kier molecular flexibility index (Phi) is 10.7. The molecule has 3 N–H and O–H groups in total.